The molecule has 0 atom stereocenters. The SMILES string of the molecule is O=C(CCc1ccccc1)N1CCC(O)(Cn2ccc(-c3ccccc3)cc2=O)CC1. The lowest BCUT2D eigenvalue weighted by atomic mass is 9.91. The van der Waals surface area contributed by atoms with E-state index in [0.29, 0.717) is 32.4 Å². The standard InChI is InChI=1S/C26H28N2O3/c29-24(12-11-21-7-3-1-4-8-21)27-17-14-26(31,15-18-27)20-28-16-13-23(19-25(28)30)22-9-5-2-6-10-22/h1-10,13,16,19,31H,11-12,14-15,17-18,20H2. The lowest BCUT2D eigenvalue weighted by Gasteiger charge is -2.38. The summed E-state index contributed by atoms with van der Waals surface area (Å²) in [6, 6.07) is 23.3. The van der Waals surface area contributed by atoms with Crippen LogP contribution in [0.2, 0.25) is 0 Å². The molecule has 1 aliphatic heterocycles. The van der Waals surface area contributed by atoms with Crippen molar-refractivity contribution in [2.75, 3.05) is 13.1 Å². The van der Waals surface area contributed by atoms with Crippen LogP contribution in [-0.4, -0.2) is 39.2 Å². The molecular weight excluding hydrogens is 388 g/mol. The number of aryl methyl sites for hydroxylation is 1. The number of carbonyl (C=O) groups is 1. The second-order valence-electron chi connectivity index (χ2n) is 8.34. The molecule has 0 unspecified atom stereocenters. The largest absolute Gasteiger partial charge is 0.388 e. The zero-order chi connectivity index (χ0) is 21.7. The van der Waals surface area contributed by atoms with E-state index in [-0.39, 0.29) is 18.0 Å². The molecule has 1 amide bonds. The highest BCUT2D eigenvalue weighted by Crippen LogP contribution is 2.25. The van der Waals surface area contributed by atoms with E-state index >= 15 is 0 Å². The number of piperidine rings is 1. The van der Waals surface area contributed by atoms with Gasteiger partial charge in [0.25, 0.3) is 5.56 Å². The summed E-state index contributed by atoms with van der Waals surface area (Å²) in [5, 5.41) is 11.0. The molecule has 1 fully saturated rings. The van der Waals surface area contributed by atoms with Crippen molar-refractivity contribution >= 4 is 5.91 Å². The van der Waals surface area contributed by atoms with Crippen molar-refractivity contribution in [3.8, 4) is 11.1 Å². The third-order valence-corrected chi connectivity index (χ3v) is 6.09. The smallest absolute Gasteiger partial charge is 0.251 e. The number of aliphatic hydroxyl groups is 1. The Bertz CT molecular complexity index is 1070. The van der Waals surface area contributed by atoms with Gasteiger partial charge in [-0.1, -0.05) is 60.7 Å². The first-order chi connectivity index (χ1) is 15.0. The second-order valence-corrected chi connectivity index (χ2v) is 8.34. The number of amides is 1. The van der Waals surface area contributed by atoms with Crippen LogP contribution in [0, 0.1) is 0 Å². The van der Waals surface area contributed by atoms with Gasteiger partial charge in [0.15, 0.2) is 0 Å². The van der Waals surface area contributed by atoms with Gasteiger partial charge >= 0.3 is 0 Å². The molecule has 1 N–H and O–H groups in total. The molecule has 2 heterocycles. The van der Waals surface area contributed by atoms with Crippen LogP contribution >= 0.6 is 0 Å². The van der Waals surface area contributed by atoms with E-state index in [4.69, 9.17) is 0 Å². The maximum Gasteiger partial charge on any atom is 0.251 e. The Kier molecular flexibility index (Phi) is 6.33. The molecule has 31 heavy (non-hydrogen) atoms. The minimum absolute atomic E-state index is 0.121. The first-order valence-electron chi connectivity index (χ1n) is 10.8. The molecule has 1 aliphatic rings. The fourth-order valence-electron chi connectivity index (χ4n) is 4.15. The van der Waals surface area contributed by atoms with Crippen LogP contribution in [0.3, 0.4) is 0 Å². The molecule has 4 rings (SSSR count). The average molecular weight is 417 g/mol. The molecule has 3 aromatic rings. The van der Waals surface area contributed by atoms with Gasteiger partial charge in [0.1, 0.15) is 0 Å². The number of carbonyl (C=O) groups excluding carboxylic acids is 1. The van der Waals surface area contributed by atoms with Crippen molar-refractivity contribution in [2.45, 2.75) is 37.8 Å². The topological polar surface area (TPSA) is 62.5 Å². The van der Waals surface area contributed by atoms with Gasteiger partial charge in [-0.2, -0.15) is 0 Å². The van der Waals surface area contributed by atoms with E-state index in [1.54, 1.807) is 16.8 Å². The fraction of sp³-hybridized carbons (Fsp3) is 0.308. The van der Waals surface area contributed by atoms with Crippen LogP contribution in [0.5, 0.6) is 0 Å². The van der Waals surface area contributed by atoms with Gasteiger partial charge in [-0.15, -0.1) is 0 Å². The Morgan fingerprint density at radius 3 is 2.19 bits per heavy atom. The number of benzene rings is 2. The third-order valence-electron chi connectivity index (χ3n) is 6.09. The predicted octanol–water partition coefficient (Wildman–Crippen LogP) is 3.50. The summed E-state index contributed by atoms with van der Waals surface area (Å²) in [5.74, 6) is 0.121. The molecule has 1 aromatic heterocycles. The Labute approximate surface area is 182 Å². The van der Waals surface area contributed by atoms with Crippen molar-refractivity contribution < 1.29 is 9.90 Å². The number of aromatic nitrogens is 1. The van der Waals surface area contributed by atoms with Gasteiger partial charge in [0, 0.05) is 31.8 Å². The van der Waals surface area contributed by atoms with Crippen LogP contribution in [0.4, 0.5) is 0 Å². The number of rotatable bonds is 6. The van der Waals surface area contributed by atoms with Crippen molar-refractivity contribution in [3.05, 3.63) is 94.9 Å². The van der Waals surface area contributed by atoms with Gasteiger partial charge in [-0.3, -0.25) is 9.59 Å². The fourth-order valence-corrected chi connectivity index (χ4v) is 4.15. The van der Waals surface area contributed by atoms with Crippen molar-refractivity contribution in [1.29, 1.82) is 0 Å². The number of likely N-dealkylation sites (tertiary alicyclic amines) is 1. The summed E-state index contributed by atoms with van der Waals surface area (Å²) in [6.07, 6.45) is 3.89. The summed E-state index contributed by atoms with van der Waals surface area (Å²) in [6.45, 7) is 1.27. The minimum atomic E-state index is -0.978. The molecule has 5 heteroatoms. The van der Waals surface area contributed by atoms with Crippen LogP contribution in [0.1, 0.15) is 24.8 Å². The highest BCUT2D eigenvalue weighted by Gasteiger charge is 2.34. The summed E-state index contributed by atoms with van der Waals surface area (Å²) < 4.78 is 1.57. The number of nitrogens with zero attached hydrogens (tertiary/aromatic N) is 2. The summed E-state index contributed by atoms with van der Waals surface area (Å²) in [4.78, 5) is 27.0. The Morgan fingerprint density at radius 1 is 0.903 bits per heavy atom. The molecular formula is C26H28N2O3. The van der Waals surface area contributed by atoms with Crippen LogP contribution < -0.4 is 5.56 Å². The molecule has 160 valence electrons. The third kappa shape index (κ3) is 5.30. The highest BCUT2D eigenvalue weighted by molar-refractivity contribution is 5.76. The normalized spacial score (nSPS) is 15.6. The molecule has 1 saturated heterocycles. The minimum Gasteiger partial charge on any atom is -0.388 e. The van der Waals surface area contributed by atoms with Crippen LogP contribution in [-0.2, 0) is 17.8 Å². The summed E-state index contributed by atoms with van der Waals surface area (Å²) in [7, 11) is 0. The van der Waals surface area contributed by atoms with Crippen molar-refractivity contribution in [2.24, 2.45) is 0 Å². The quantitative estimate of drug-likeness (QED) is 0.669. The predicted molar refractivity (Wildman–Crippen MR) is 122 cm³/mol. The average Bonchev–Trinajstić information content (AvgIpc) is 2.80. The van der Waals surface area contributed by atoms with E-state index in [2.05, 4.69) is 0 Å². The lowest BCUT2D eigenvalue weighted by molar-refractivity contribution is -0.135. The van der Waals surface area contributed by atoms with Crippen molar-refractivity contribution in [3.63, 3.8) is 0 Å². The highest BCUT2D eigenvalue weighted by atomic mass is 16.3. The first kappa shape index (κ1) is 21.1. The zero-order valence-corrected chi connectivity index (χ0v) is 17.6. The van der Waals surface area contributed by atoms with Gasteiger partial charge in [0.05, 0.1) is 12.1 Å². The van der Waals surface area contributed by atoms with E-state index in [1.165, 1.54) is 0 Å². The Morgan fingerprint density at radius 2 is 1.55 bits per heavy atom. The van der Waals surface area contributed by atoms with E-state index in [9.17, 15) is 14.7 Å². The summed E-state index contributed by atoms with van der Waals surface area (Å²) >= 11 is 0. The second kappa shape index (κ2) is 9.31. The Hall–Kier alpha value is -3.18. The molecule has 0 saturated carbocycles. The number of pyridine rings is 1. The summed E-state index contributed by atoms with van der Waals surface area (Å²) in [5.41, 5.74) is 1.91. The molecule has 5 nitrogen and oxygen atoms in total. The maximum absolute atomic E-state index is 12.6. The van der Waals surface area contributed by atoms with Gasteiger partial charge in [-0.25, -0.2) is 0 Å². The first-order valence-corrected chi connectivity index (χ1v) is 10.8. The van der Waals surface area contributed by atoms with Crippen LogP contribution in [0.25, 0.3) is 11.1 Å². The van der Waals surface area contributed by atoms with Gasteiger partial charge in [-0.05, 0) is 42.0 Å². The number of hydrogen-bond acceptors (Lipinski definition) is 3. The maximum atomic E-state index is 12.6. The van der Waals surface area contributed by atoms with Crippen LogP contribution in [0.15, 0.2) is 83.8 Å². The molecule has 2 aromatic carbocycles. The van der Waals surface area contributed by atoms with Gasteiger partial charge < -0.3 is 14.6 Å². The molecule has 0 bridgehead atoms. The molecule has 0 aliphatic carbocycles. The van der Waals surface area contributed by atoms with E-state index in [1.807, 2.05) is 71.6 Å². The Balaban J connectivity index is 1.33. The van der Waals surface area contributed by atoms with Crippen molar-refractivity contribution in [1.82, 2.24) is 9.47 Å². The molecule has 0 radical (unpaired) electrons. The zero-order valence-electron chi connectivity index (χ0n) is 17.6. The number of hydrogen-bond donors (Lipinski definition) is 1. The van der Waals surface area contributed by atoms with Gasteiger partial charge in [0.2, 0.25) is 5.91 Å². The van der Waals surface area contributed by atoms with E-state index < -0.39 is 5.60 Å². The van der Waals surface area contributed by atoms with E-state index in [0.717, 1.165) is 23.1 Å². The monoisotopic (exact) mass is 416 g/mol. The lowest BCUT2D eigenvalue weighted by Crippen LogP contribution is -2.49. The molecule has 0 spiro atoms.